The number of benzene rings is 1. The van der Waals surface area contributed by atoms with Gasteiger partial charge in [-0.2, -0.15) is 0 Å². The van der Waals surface area contributed by atoms with Crippen molar-refractivity contribution in [2.75, 3.05) is 13.2 Å². The lowest BCUT2D eigenvalue weighted by molar-refractivity contribution is -0.145. The van der Waals surface area contributed by atoms with E-state index >= 15 is 0 Å². The van der Waals surface area contributed by atoms with Crippen LogP contribution in [0.4, 0.5) is 0 Å². The van der Waals surface area contributed by atoms with Gasteiger partial charge in [0.1, 0.15) is 0 Å². The predicted octanol–water partition coefficient (Wildman–Crippen LogP) is 2.75. The molecule has 0 amide bonds. The van der Waals surface area contributed by atoms with Crippen molar-refractivity contribution in [1.29, 1.82) is 5.41 Å². The Balaban J connectivity index is 2.10. The van der Waals surface area contributed by atoms with Gasteiger partial charge in [-0.05, 0) is 19.9 Å². The maximum atomic E-state index is 11.3. The van der Waals surface area contributed by atoms with E-state index < -0.39 is 5.97 Å². The molecule has 0 unspecified atom stereocenters. The van der Waals surface area contributed by atoms with E-state index in [1.807, 2.05) is 37.3 Å². The third kappa shape index (κ3) is 3.91. The summed E-state index contributed by atoms with van der Waals surface area (Å²) in [5.74, 6) is -0.0850. The Morgan fingerprint density at radius 3 is 2.55 bits per heavy atom. The first kappa shape index (κ1) is 15.7. The third-order valence-corrected chi connectivity index (χ3v) is 3.04. The van der Waals surface area contributed by atoms with Gasteiger partial charge in [0.25, 0.3) is 0 Å². The molecule has 1 aromatic carbocycles. The van der Waals surface area contributed by atoms with Crippen LogP contribution >= 0.6 is 0 Å². The summed E-state index contributed by atoms with van der Waals surface area (Å²) < 4.78 is 10.1. The summed E-state index contributed by atoms with van der Waals surface area (Å²) >= 11 is 0. The molecule has 1 aromatic heterocycles. The number of nitrogens with one attached hydrogen (secondary N) is 1. The number of nitrogens with zero attached hydrogens (tertiary/aromatic N) is 1. The molecule has 0 aliphatic heterocycles. The Morgan fingerprint density at radius 1 is 1.18 bits per heavy atom. The molecule has 0 radical (unpaired) electrons. The number of aryl methyl sites for hydroxylation is 1. The molecule has 114 valence electrons. The number of pyridine rings is 1. The molecule has 1 N–H and O–H groups in total. The Labute approximate surface area is 129 Å². The summed E-state index contributed by atoms with van der Waals surface area (Å²) in [5.41, 5.74) is 2.64. The fourth-order valence-corrected chi connectivity index (χ4v) is 1.98. The second kappa shape index (κ2) is 7.36. The van der Waals surface area contributed by atoms with Crippen molar-refractivity contribution < 1.29 is 14.3 Å². The highest BCUT2D eigenvalue weighted by Crippen LogP contribution is 2.16. The SMILES string of the molecule is CCOC(=O)COc1ccc(C(=N)c2ccccc2)c(C)n1. The standard InChI is InChI=1S/C17H18N2O3/c1-3-21-16(20)11-22-15-10-9-14(12(2)19-15)17(18)13-7-5-4-6-8-13/h4-10,18H,3,11H2,1-2H3. The largest absolute Gasteiger partial charge is 0.466 e. The van der Waals surface area contributed by atoms with E-state index in [9.17, 15) is 4.79 Å². The van der Waals surface area contributed by atoms with Crippen molar-refractivity contribution >= 4 is 11.7 Å². The second-order valence-corrected chi connectivity index (χ2v) is 4.62. The molecule has 0 spiro atoms. The zero-order chi connectivity index (χ0) is 15.9. The summed E-state index contributed by atoms with van der Waals surface area (Å²) in [6.45, 7) is 3.70. The molecule has 0 aliphatic carbocycles. The van der Waals surface area contributed by atoms with Crippen LogP contribution in [0, 0.1) is 12.3 Å². The molecule has 0 fully saturated rings. The van der Waals surface area contributed by atoms with Crippen molar-refractivity contribution in [2.45, 2.75) is 13.8 Å². The maximum absolute atomic E-state index is 11.3. The molecule has 0 bridgehead atoms. The Hall–Kier alpha value is -2.69. The van der Waals surface area contributed by atoms with Gasteiger partial charge >= 0.3 is 5.97 Å². The highest BCUT2D eigenvalue weighted by atomic mass is 16.6. The fraction of sp³-hybridized carbons (Fsp3) is 0.235. The normalized spacial score (nSPS) is 10.1. The van der Waals surface area contributed by atoms with E-state index in [0.29, 0.717) is 23.9 Å². The number of hydrogen-bond acceptors (Lipinski definition) is 5. The molecule has 22 heavy (non-hydrogen) atoms. The van der Waals surface area contributed by atoms with Gasteiger partial charge in [-0.25, -0.2) is 9.78 Å². The zero-order valence-corrected chi connectivity index (χ0v) is 12.6. The molecule has 0 aliphatic rings. The van der Waals surface area contributed by atoms with Crippen molar-refractivity contribution in [1.82, 2.24) is 4.98 Å². The highest BCUT2D eigenvalue weighted by Gasteiger charge is 2.11. The number of hydrogen-bond donors (Lipinski definition) is 1. The fourth-order valence-electron chi connectivity index (χ4n) is 1.98. The van der Waals surface area contributed by atoms with E-state index in [2.05, 4.69) is 4.98 Å². The quantitative estimate of drug-likeness (QED) is 0.657. The number of carbonyl (C=O) groups excluding carboxylic acids is 1. The first-order chi connectivity index (χ1) is 10.6. The Kier molecular flexibility index (Phi) is 5.25. The summed E-state index contributed by atoms with van der Waals surface area (Å²) in [4.78, 5) is 15.5. The van der Waals surface area contributed by atoms with Crippen LogP contribution < -0.4 is 4.74 Å². The minimum Gasteiger partial charge on any atom is -0.466 e. The number of ether oxygens (including phenoxy) is 2. The summed E-state index contributed by atoms with van der Waals surface area (Å²) in [5, 5.41) is 8.25. The molecule has 5 nitrogen and oxygen atoms in total. The van der Waals surface area contributed by atoms with Crippen LogP contribution in [0.2, 0.25) is 0 Å². The lowest BCUT2D eigenvalue weighted by atomic mass is 10.0. The predicted molar refractivity (Wildman–Crippen MR) is 83.5 cm³/mol. The molecule has 1 heterocycles. The third-order valence-electron chi connectivity index (χ3n) is 3.04. The minimum absolute atomic E-state index is 0.171. The number of rotatable bonds is 6. The maximum Gasteiger partial charge on any atom is 0.344 e. The van der Waals surface area contributed by atoms with Gasteiger partial charge in [-0.15, -0.1) is 0 Å². The van der Waals surface area contributed by atoms with Crippen LogP contribution in [0.15, 0.2) is 42.5 Å². The summed E-state index contributed by atoms with van der Waals surface area (Å²) in [6, 6.07) is 12.9. The zero-order valence-electron chi connectivity index (χ0n) is 12.6. The smallest absolute Gasteiger partial charge is 0.344 e. The molecule has 0 atom stereocenters. The first-order valence-electron chi connectivity index (χ1n) is 7.02. The van der Waals surface area contributed by atoms with Gasteiger partial charge in [0.2, 0.25) is 5.88 Å². The Bertz CT molecular complexity index is 669. The number of aromatic nitrogens is 1. The Morgan fingerprint density at radius 2 is 1.91 bits per heavy atom. The van der Waals surface area contributed by atoms with Crippen LogP contribution in [0.25, 0.3) is 0 Å². The van der Waals surface area contributed by atoms with E-state index in [0.717, 1.165) is 11.1 Å². The monoisotopic (exact) mass is 298 g/mol. The average molecular weight is 298 g/mol. The van der Waals surface area contributed by atoms with Crippen LogP contribution in [-0.4, -0.2) is 29.9 Å². The first-order valence-corrected chi connectivity index (χ1v) is 7.02. The number of esters is 1. The highest BCUT2D eigenvalue weighted by molar-refractivity contribution is 6.11. The molecule has 5 heteroatoms. The molecular formula is C17H18N2O3. The lowest BCUT2D eigenvalue weighted by Gasteiger charge is -2.10. The van der Waals surface area contributed by atoms with Crippen LogP contribution in [0.5, 0.6) is 5.88 Å². The molecule has 0 saturated heterocycles. The van der Waals surface area contributed by atoms with Crippen LogP contribution in [0.3, 0.4) is 0 Å². The lowest BCUT2D eigenvalue weighted by Crippen LogP contribution is -2.15. The molecular weight excluding hydrogens is 280 g/mol. The summed E-state index contributed by atoms with van der Waals surface area (Å²) in [7, 11) is 0. The molecule has 2 rings (SSSR count). The van der Waals surface area contributed by atoms with Gasteiger partial charge in [0.05, 0.1) is 18.0 Å². The average Bonchev–Trinajstić information content (AvgIpc) is 2.53. The van der Waals surface area contributed by atoms with Crippen molar-refractivity contribution in [3.05, 3.63) is 59.3 Å². The van der Waals surface area contributed by atoms with E-state index in [4.69, 9.17) is 14.9 Å². The van der Waals surface area contributed by atoms with Crippen molar-refractivity contribution in [3.63, 3.8) is 0 Å². The van der Waals surface area contributed by atoms with Crippen molar-refractivity contribution in [2.24, 2.45) is 0 Å². The van der Waals surface area contributed by atoms with Gasteiger partial charge in [0, 0.05) is 17.2 Å². The van der Waals surface area contributed by atoms with Gasteiger partial charge in [-0.1, -0.05) is 30.3 Å². The summed E-state index contributed by atoms with van der Waals surface area (Å²) in [6.07, 6.45) is 0. The molecule has 0 saturated carbocycles. The number of carbonyl (C=O) groups is 1. The second-order valence-electron chi connectivity index (χ2n) is 4.62. The van der Waals surface area contributed by atoms with E-state index in [-0.39, 0.29) is 6.61 Å². The van der Waals surface area contributed by atoms with Crippen LogP contribution in [-0.2, 0) is 9.53 Å². The van der Waals surface area contributed by atoms with Gasteiger partial charge < -0.3 is 9.47 Å². The van der Waals surface area contributed by atoms with E-state index in [1.54, 1.807) is 19.1 Å². The van der Waals surface area contributed by atoms with Gasteiger partial charge in [0.15, 0.2) is 6.61 Å². The van der Waals surface area contributed by atoms with E-state index in [1.165, 1.54) is 0 Å². The van der Waals surface area contributed by atoms with Crippen molar-refractivity contribution in [3.8, 4) is 5.88 Å². The minimum atomic E-state index is -0.428. The molecule has 2 aromatic rings. The van der Waals surface area contributed by atoms with Gasteiger partial charge in [-0.3, -0.25) is 5.41 Å². The topological polar surface area (TPSA) is 72.3 Å². The van der Waals surface area contributed by atoms with Crippen LogP contribution in [0.1, 0.15) is 23.7 Å².